The van der Waals surface area contributed by atoms with Crippen LogP contribution in [0.25, 0.3) is 10.9 Å². The van der Waals surface area contributed by atoms with Gasteiger partial charge < -0.3 is 15.0 Å². The van der Waals surface area contributed by atoms with Crippen LogP contribution in [0, 0.1) is 6.92 Å². The molecule has 0 atom stereocenters. The van der Waals surface area contributed by atoms with Crippen molar-refractivity contribution in [2.24, 2.45) is 0 Å². The Morgan fingerprint density at radius 3 is 2.63 bits per heavy atom. The lowest BCUT2D eigenvalue weighted by Gasteiger charge is -2.14. The molecule has 0 bridgehead atoms. The summed E-state index contributed by atoms with van der Waals surface area (Å²) in [7, 11) is 1.53. The van der Waals surface area contributed by atoms with Crippen molar-refractivity contribution in [1.29, 1.82) is 0 Å². The van der Waals surface area contributed by atoms with Crippen LogP contribution >= 0.6 is 11.6 Å². The lowest BCUT2D eigenvalue weighted by atomic mass is 10.1. The molecular formula is C19H16ClF3N2O2. The number of benzene rings is 2. The molecule has 8 heteroatoms. The minimum absolute atomic E-state index is 0.0557. The van der Waals surface area contributed by atoms with E-state index in [9.17, 15) is 18.0 Å². The SMILES string of the molecule is COc1ccc2[nH]c(C)c(CC(=O)Nc3ccc(Cl)cc3C(F)(F)F)c2c1. The number of ether oxygens (including phenoxy) is 1. The Bertz CT molecular complexity index is 1010. The molecule has 1 heterocycles. The van der Waals surface area contributed by atoms with E-state index in [2.05, 4.69) is 10.3 Å². The average molecular weight is 397 g/mol. The van der Waals surface area contributed by atoms with Crippen LogP contribution in [0.1, 0.15) is 16.8 Å². The molecule has 0 radical (unpaired) electrons. The van der Waals surface area contributed by atoms with Crippen molar-refractivity contribution in [3.63, 3.8) is 0 Å². The van der Waals surface area contributed by atoms with Crippen molar-refractivity contribution in [3.05, 3.63) is 58.2 Å². The Morgan fingerprint density at radius 2 is 1.96 bits per heavy atom. The molecule has 0 unspecified atom stereocenters. The zero-order valence-electron chi connectivity index (χ0n) is 14.5. The monoisotopic (exact) mass is 396 g/mol. The minimum atomic E-state index is -4.63. The summed E-state index contributed by atoms with van der Waals surface area (Å²) in [5.74, 6) is 0.0647. The predicted octanol–water partition coefficient (Wildman–Crippen LogP) is 5.34. The number of hydrogen-bond acceptors (Lipinski definition) is 2. The summed E-state index contributed by atoms with van der Waals surface area (Å²) in [5, 5.41) is 3.07. The van der Waals surface area contributed by atoms with E-state index in [0.717, 1.165) is 28.7 Å². The summed E-state index contributed by atoms with van der Waals surface area (Å²) < 4.78 is 44.7. The normalized spacial score (nSPS) is 11.6. The molecule has 0 saturated heterocycles. The molecule has 0 aliphatic carbocycles. The molecule has 0 spiro atoms. The van der Waals surface area contributed by atoms with Gasteiger partial charge in [0.15, 0.2) is 0 Å². The van der Waals surface area contributed by atoms with Crippen LogP contribution in [-0.2, 0) is 17.4 Å². The minimum Gasteiger partial charge on any atom is -0.497 e. The number of carbonyl (C=O) groups excluding carboxylic acids is 1. The van der Waals surface area contributed by atoms with Crippen molar-refractivity contribution in [3.8, 4) is 5.75 Å². The second-order valence-electron chi connectivity index (χ2n) is 6.05. The first kappa shape index (κ1) is 19.1. The van der Waals surface area contributed by atoms with E-state index in [0.29, 0.717) is 11.3 Å². The van der Waals surface area contributed by atoms with E-state index < -0.39 is 17.6 Å². The third-order valence-electron chi connectivity index (χ3n) is 4.23. The zero-order chi connectivity index (χ0) is 19.8. The number of fused-ring (bicyclic) bond motifs is 1. The quantitative estimate of drug-likeness (QED) is 0.625. The number of halogens is 4. The van der Waals surface area contributed by atoms with Crippen LogP contribution < -0.4 is 10.1 Å². The van der Waals surface area contributed by atoms with Crippen LogP contribution in [-0.4, -0.2) is 18.0 Å². The molecule has 3 rings (SSSR count). The highest BCUT2D eigenvalue weighted by Gasteiger charge is 2.34. The highest BCUT2D eigenvalue weighted by atomic mass is 35.5. The fourth-order valence-corrected chi connectivity index (χ4v) is 3.10. The number of anilines is 1. The van der Waals surface area contributed by atoms with Gasteiger partial charge in [0.1, 0.15) is 5.75 Å². The fourth-order valence-electron chi connectivity index (χ4n) is 2.93. The van der Waals surface area contributed by atoms with Gasteiger partial charge in [0, 0.05) is 21.6 Å². The maximum atomic E-state index is 13.2. The Balaban J connectivity index is 1.89. The smallest absolute Gasteiger partial charge is 0.418 e. The van der Waals surface area contributed by atoms with Gasteiger partial charge in [-0.3, -0.25) is 4.79 Å². The maximum absolute atomic E-state index is 13.2. The zero-order valence-corrected chi connectivity index (χ0v) is 15.3. The van der Waals surface area contributed by atoms with Crippen molar-refractivity contribution < 1.29 is 22.7 Å². The highest BCUT2D eigenvalue weighted by Crippen LogP contribution is 2.36. The molecule has 0 fully saturated rings. The molecule has 27 heavy (non-hydrogen) atoms. The molecule has 2 N–H and O–H groups in total. The first-order valence-electron chi connectivity index (χ1n) is 8.01. The molecular weight excluding hydrogens is 381 g/mol. The molecule has 0 aliphatic rings. The fraction of sp³-hybridized carbons (Fsp3) is 0.211. The summed E-state index contributed by atoms with van der Waals surface area (Å²) in [6.07, 6.45) is -4.71. The number of hydrogen-bond donors (Lipinski definition) is 2. The van der Waals surface area contributed by atoms with E-state index in [4.69, 9.17) is 16.3 Å². The molecule has 2 aromatic carbocycles. The maximum Gasteiger partial charge on any atom is 0.418 e. The van der Waals surface area contributed by atoms with Gasteiger partial charge in [0.2, 0.25) is 5.91 Å². The number of nitrogens with one attached hydrogen (secondary N) is 2. The Kier molecular flexibility index (Phi) is 5.06. The van der Waals surface area contributed by atoms with Gasteiger partial charge in [-0.1, -0.05) is 11.6 Å². The number of aryl methyl sites for hydroxylation is 1. The summed E-state index contributed by atoms with van der Waals surface area (Å²) in [5.41, 5.74) is 0.968. The summed E-state index contributed by atoms with van der Waals surface area (Å²) in [6.45, 7) is 1.80. The number of amides is 1. The van der Waals surface area contributed by atoms with E-state index in [1.54, 1.807) is 19.1 Å². The first-order chi connectivity index (χ1) is 12.7. The number of H-pyrrole nitrogens is 1. The number of alkyl halides is 3. The molecule has 1 amide bonds. The first-order valence-corrected chi connectivity index (χ1v) is 8.38. The number of aromatic nitrogens is 1. The van der Waals surface area contributed by atoms with Crippen LogP contribution in [0.4, 0.5) is 18.9 Å². The molecule has 3 aromatic rings. The summed E-state index contributed by atoms with van der Waals surface area (Å²) in [4.78, 5) is 15.6. The van der Waals surface area contributed by atoms with Crippen molar-refractivity contribution in [2.75, 3.05) is 12.4 Å². The second kappa shape index (κ2) is 7.15. The van der Waals surface area contributed by atoms with Crippen LogP contribution in [0.15, 0.2) is 36.4 Å². The third kappa shape index (κ3) is 4.03. The van der Waals surface area contributed by atoms with Crippen molar-refractivity contribution in [1.82, 2.24) is 4.98 Å². The standard InChI is InChI=1S/C19H16ClF3N2O2/c1-10-13(14-8-12(27-2)4-6-16(14)24-10)9-18(26)25-17-5-3-11(20)7-15(17)19(21,22)23/h3-8,24H,9H2,1-2H3,(H,25,26). The lowest BCUT2D eigenvalue weighted by molar-refractivity contribution is -0.137. The summed E-state index contributed by atoms with van der Waals surface area (Å²) >= 11 is 5.66. The van der Waals surface area contributed by atoms with Gasteiger partial charge in [0.25, 0.3) is 0 Å². The van der Waals surface area contributed by atoms with Gasteiger partial charge in [0.05, 0.1) is 24.8 Å². The van der Waals surface area contributed by atoms with Crippen LogP contribution in [0.5, 0.6) is 5.75 Å². The van der Waals surface area contributed by atoms with Crippen molar-refractivity contribution in [2.45, 2.75) is 19.5 Å². The largest absolute Gasteiger partial charge is 0.497 e. The van der Waals surface area contributed by atoms with Gasteiger partial charge in [-0.25, -0.2) is 0 Å². The van der Waals surface area contributed by atoms with Gasteiger partial charge >= 0.3 is 6.18 Å². The Morgan fingerprint density at radius 1 is 1.22 bits per heavy atom. The van der Waals surface area contributed by atoms with Crippen LogP contribution in [0.2, 0.25) is 5.02 Å². The van der Waals surface area contributed by atoms with E-state index in [1.165, 1.54) is 13.2 Å². The molecule has 1 aromatic heterocycles. The molecule has 4 nitrogen and oxygen atoms in total. The van der Waals surface area contributed by atoms with Crippen LogP contribution in [0.3, 0.4) is 0 Å². The predicted molar refractivity (Wildman–Crippen MR) is 98.4 cm³/mol. The van der Waals surface area contributed by atoms with Crippen molar-refractivity contribution >= 4 is 34.1 Å². The lowest BCUT2D eigenvalue weighted by Crippen LogP contribution is -2.18. The topological polar surface area (TPSA) is 54.1 Å². The summed E-state index contributed by atoms with van der Waals surface area (Å²) in [6, 6.07) is 8.63. The number of carbonyl (C=O) groups is 1. The molecule has 0 aliphatic heterocycles. The number of rotatable bonds is 4. The van der Waals surface area contributed by atoms with Gasteiger partial charge in [-0.2, -0.15) is 13.2 Å². The van der Waals surface area contributed by atoms with E-state index >= 15 is 0 Å². The Labute approximate surface area is 158 Å². The average Bonchev–Trinajstić information content (AvgIpc) is 2.90. The molecule has 142 valence electrons. The van der Waals surface area contributed by atoms with E-state index in [-0.39, 0.29) is 17.1 Å². The van der Waals surface area contributed by atoms with Gasteiger partial charge in [-0.05, 0) is 48.9 Å². The molecule has 0 saturated carbocycles. The third-order valence-corrected chi connectivity index (χ3v) is 4.46. The Hall–Kier alpha value is -2.67. The number of methoxy groups -OCH3 is 1. The number of aromatic amines is 1. The van der Waals surface area contributed by atoms with Gasteiger partial charge in [-0.15, -0.1) is 0 Å². The highest BCUT2D eigenvalue weighted by molar-refractivity contribution is 6.30. The second-order valence-corrected chi connectivity index (χ2v) is 6.49. The van der Waals surface area contributed by atoms with E-state index in [1.807, 2.05) is 6.07 Å².